The van der Waals surface area contributed by atoms with Crippen LogP contribution in [0.2, 0.25) is 5.02 Å². The molecular weight excluding hydrogens is 345 g/mol. The van der Waals surface area contributed by atoms with Gasteiger partial charge in [0.2, 0.25) is 5.91 Å². The molecule has 1 fully saturated rings. The van der Waals surface area contributed by atoms with Gasteiger partial charge in [0.1, 0.15) is 11.6 Å². The van der Waals surface area contributed by atoms with E-state index in [1.807, 2.05) is 12.1 Å². The molecule has 0 spiro atoms. The van der Waals surface area contributed by atoms with Crippen LogP contribution in [0.4, 0.5) is 15.8 Å². The van der Waals surface area contributed by atoms with Crippen LogP contribution in [0.25, 0.3) is 0 Å². The molecule has 1 amide bonds. The summed E-state index contributed by atoms with van der Waals surface area (Å²) in [5, 5.41) is 12.1. The number of piperazine rings is 1. The first kappa shape index (κ1) is 17.5. The first-order valence-electron chi connectivity index (χ1n) is 8.02. The molecule has 7 heteroatoms. The number of carbonyl (C=O) groups is 1. The maximum atomic E-state index is 13.1. The highest BCUT2D eigenvalue weighted by molar-refractivity contribution is 6.31. The molecule has 2 aromatic rings. The standard InChI is InChI=1S/C18H19ClFN3O2/c19-16-11-13(1-6-17(16)20)21-18(25)12-22-7-9-23(10-8-22)14-2-4-15(24)5-3-14/h1-6,11,24H,7-10,12H2,(H,21,25). The average molecular weight is 364 g/mol. The first-order valence-corrected chi connectivity index (χ1v) is 8.40. The van der Waals surface area contributed by atoms with Gasteiger partial charge in [-0.25, -0.2) is 4.39 Å². The summed E-state index contributed by atoms with van der Waals surface area (Å²) in [7, 11) is 0. The van der Waals surface area contributed by atoms with Crippen LogP contribution in [0.3, 0.4) is 0 Å². The molecule has 1 aliphatic heterocycles. The summed E-state index contributed by atoms with van der Waals surface area (Å²) in [6.07, 6.45) is 0. The van der Waals surface area contributed by atoms with Crippen molar-refractivity contribution in [2.24, 2.45) is 0 Å². The van der Waals surface area contributed by atoms with Crippen molar-refractivity contribution in [2.45, 2.75) is 0 Å². The minimum atomic E-state index is -0.509. The van der Waals surface area contributed by atoms with Crippen molar-refractivity contribution in [2.75, 3.05) is 42.9 Å². The van der Waals surface area contributed by atoms with Gasteiger partial charge in [0.15, 0.2) is 0 Å². The molecule has 5 nitrogen and oxygen atoms in total. The number of nitrogens with zero attached hydrogens (tertiary/aromatic N) is 2. The van der Waals surface area contributed by atoms with Crippen LogP contribution in [0.1, 0.15) is 0 Å². The summed E-state index contributed by atoms with van der Waals surface area (Å²) < 4.78 is 13.1. The number of halogens is 2. The Labute approximate surface area is 150 Å². The van der Waals surface area contributed by atoms with Gasteiger partial charge in [-0.15, -0.1) is 0 Å². The van der Waals surface area contributed by atoms with Gasteiger partial charge < -0.3 is 15.3 Å². The zero-order valence-electron chi connectivity index (χ0n) is 13.6. The molecule has 1 aliphatic rings. The summed E-state index contributed by atoms with van der Waals surface area (Å²) in [6, 6.07) is 11.2. The molecule has 0 unspecified atom stereocenters. The number of phenolic OH excluding ortho intramolecular Hbond substituents is 1. The molecule has 2 aromatic carbocycles. The second kappa shape index (κ2) is 7.72. The number of anilines is 2. The molecule has 1 saturated heterocycles. The Morgan fingerprint density at radius 2 is 1.80 bits per heavy atom. The predicted octanol–water partition coefficient (Wildman–Crippen LogP) is 2.95. The van der Waals surface area contributed by atoms with E-state index in [-0.39, 0.29) is 23.2 Å². The van der Waals surface area contributed by atoms with Crippen LogP contribution < -0.4 is 10.2 Å². The highest BCUT2D eigenvalue weighted by Gasteiger charge is 2.19. The summed E-state index contributed by atoms with van der Waals surface area (Å²) in [5.41, 5.74) is 1.54. The molecule has 0 aliphatic carbocycles. The smallest absolute Gasteiger partial charge is 0.238 e. The van der Waals surface area contributed by atoms with Gasteiger partial charge in [0.25, 0.3) is 0 Å². The van der Waals surface area contributed by atoms with Gasteiger partial charge in [-0.05, 0) is 42.5 Å². The van der Waals surface area contributed by atoms with E-state index in [0.29, 0.717) is 5.69 Å². The Kier molecular flexibility index (Phi) is 5.40. The lowest BCUT2D eigenvalue weighted by molar-refractivity contribution is -0.117. The van der Waals surface area contributed by atoms with Crippen molar-refractivity contribution in [3.8, 4) is 5.75 Å². The quantitative estimate of drug-likeness (QED) is 0.877. The largest absolute Gasteiger partial charge is 0.508 e. The number of amides is 1. The SMILES string of the molecule is O=C(CN1CCN(c2ccc(O)cc2)CC1)Nc1ccc(F)c(Cl)c1. The van der Waals surface area contributed by atoms with E-state index in [0.717, 1.165) is 31.9 Å². The fraction of sp³-hybridized carbons (Fsp3) is 0.278. The third kappa shape index (κ3) is 4.61. The molecule has 0 radical (unpaired) electrons. The zero-order valence-corrected chi connectivity index (χ0v) is 14.3. The summed E-state index contributed by atoms with van der Waals surface area (Å²) in [5.74, 6) is -0.411. The molecule has 132 valence electrons. The Hall–Kier alpha value is -2.31. The van der Waals surface area contributed by atoms with Gasteiger partial charge in [-0.1, -0.05) is 11.6 Å². The predicted molar refractivity (Wildman–Crippen MR) is 96.8 cm³/mol. The van der Waals surface area contributed by atoms with Crippen molar-refractivity contribution in [3.05, 3.63) is 53.3 Å². The van der Waals surface area contributed by atoms with E-state index in [9.17, 15) is 14.3 Å². The lowest BCUT2D eigenvalue weighted by atomic mass is 10.2. The molecular formula is C18H19ClFN3O2. The van der Waals surface area contributed by atoms with Gasteiger partial charge in [0, 0.05) is 37.6 Å². The Morgan fingerprint density at radius 3 is 2.44 bits per heavy atom. The number of rotatable bonds is 4. The highest BCUT2D eigenvalue weighted by Crippen LogP contribution is 2.21. The molecule has 0 atom stereocenters. The third-order valence-electron chi connectivity index (χ3n) is 4.16. The van der Waals surface area contributed by atoms with E-state index >= 15 is 0 Å². The van der Waals surface area contributed by atoms with Crippen molar-refractivity contribution < 1.29 is 14.3 Å². The maximum Gasteiger partial charge on any atom is 0.238 e. The lowest BCUT2D eigenvalue weighted by Crippen LogP contribution is -2.48. The van der Waals surface area contributed by atoms with Crippen LogP contribution >= 0.6 is 11.6 Å². The van der Waals surface area contributed by atoms with Crippen LogP contribution in [0.15, 0.2) is 42.5 Å². The number of phenols is 1. The average Bonchev–Trinajstić information content (AvgIpc) is 2.60. The summed E-state index contributed by atoms with van der Waals surface area (Å²) in [6.45, 7) is 3.41. The van der Waals surface area contributed by atoms with Crippen LogP contribution in [0.5, 0.6) is 5.75 Å². The van der Waals surface area contributed by atoms with E-state index in [4.69, 9.17) is 11.6 Å². The van der Waals surface area contributed by atoms with E-state index < -0.39 is 5.82 Å². The normalized spacial score (nSPS) is 15.2. The van der Waals surface area contributed by atoms with Crippen LogP contribution in [-0.2, 0) is 4.79 Å². The van der Waals surface area contributed by atoms with E-state index in [1.54, 1.807) is 12.1 Å². The minimum Gasteiger partial charge on any atom is -0.508 e. The van der Waals surface area contributed by atoms with E-state index in [1.165, 1.54) is 18.2 Å². The topological polar surface area (TPSA) is 55.8 Å². The second-order valence-corrected chi connectivity index (χ2v) is 6.36. The Morgan fingerprint density at radius 1 is 1.12 bits per heavy atom. The van der Waals surface area contributed by atoms with Crippen molar-refractivity contribution in [3.63, 3.8) is 0 Å². The molecule has 2 N–H and O–H groups in total. The van der Waals surface area contributed by atoms with Crippen molar-refractivity contribution in [1.82, 2.24) is 4.90 Å². The number of benzene rings is 2. The lowest BCUT2D eigenvalue weighted by Gasteiger charge is -2.35. The Balaban J connectivity index is 1.49. The van der Waals surface area contributed by atoms with Gasteiger partial charge >= 0.3 is 0 Å². The molecule has 0 saturated carbocycles. The van der Waals surface area contributed by atoms with Gasteiger partial charge in [-0.3, -0.25) is 9.69 Å². The Bertz CT molecular complexity index is 746. The number of hydrogen-bond acceptors (Lipinski definition) is 4. The van der Waals surface area contributed by atoms with Gasteiger partial charge in [0.05, 0.1) is 11.6 Å². The monoisotopic (exact) mass is 363 g/mol. The van der Waals surface area contributed by atoms with Gasteiger partial charge in [-0.2, -0.15) is 0 Å². The molecule has 0 aromatic heterocycles. The minimum absolute atomic E-state index is 0.0136. The third-order valence-corrected chi connectivity index (χ3v) is 4.45. The summed E-state index contributed by atoms with van der Waals surface area (Å²) >= 11 is 5.72. The van der Waals surface area contributed by atoms with Crippen molar-refractivity contribution >= 4 is 28.9 Å². The van der Waals surface area contributed by atoms with Crippen molar-refractivity contribution in [1.29, 1.82) is 0 Å². The molecule has 3 rings (SSSR count). The maximum absolute atomic E-state index is 13.1. The van der Waals surface area contributed by atoms with Crippen LogP contribution in [0, 0.1) is 5.82 Å². The number of aromatic hydroxyl groups is 1. The number of nitrogens with one attached hydrogen (secondary N) is 1. The molecule has 25 heavy (non-hydrogen) atoms. The second-order valence-electron chi connectivity index (χ2n) is 5.96. The summed E-state index contributed by atoms with van der Waals surface area (Å²) in [4.78, 5) is 16.4. The zero-order chi connectivity index (χ0) is 17.8. The highest BCUT2D eigenvalue weighted by atomic mass is 35.5. The van der Waals surface area contributed by atoms with Crippen LogP contribution in [-0.4, -0.2) is 48.6 Å². The first-order chi connectivity index (χ1) is 12.0. The van der Waals surface area contributed by atoms with E-state index in [2.05, 4.69) is 15.1 Å². The number of carbonyl (C=O) groups excluding carboxylic acids is 1. The molecule has 0 bridgehead atoms. The fourth-order valence-corrected chi connectivity index (χ4v) is 2.99. The fourth-order valence-electron chi connectivity index (χ4n) is 2.81. The molecule has 1 heterocycles. The number of hydrogen-bond donors (Lipinski definition) is 2.